The van der Waals surface area contributed by atoms with E-state index in [1.54, 1.807) is 18.2 Å². The summed E-state index contributed by atoms with van der Waals surface area (Å²) in [6.45, 7) is 0.352. The fourth-order valence-corrected chi connectivity index (χ4v) is 5.49. The molecule has 0 aromatic heterocycles. The molecule has 1 atom stereocenters. The number of rotatable bonds is 4. The van der Waals surface area contributed by atoms with Gasteiger partial charge in [0.25, 0.3) is 5.91 Å². The van der Waals surface area contributed by atoms with Crippen LogP contribution in [0.15, 0.2) is 24.3 Å². The summed E-state index contributed by atoms with van der Waals surface area (Å²) in [4.78, 5) is 25.2. The fourth-order valence-electron chi connectivity index (χ4n) is 3.24. The summed E-state index contributed by atoms with van der Waals surface area (Å²) < 4.78 is 26.6. The first-order chi connectivity index (χ1) is 11.8. The predicted octanol–water partition coefficient (Wildman–Crippen LogP) is 1.43. The van der Waals surface area contributed by atoms with Gasteiger partial charge >= 0.3 is 5.97 Å². The Hall–Kier alpha value is -1.64. The molecule has 25 heavy (non-hydrogen) atoms. The van der Waals surface area contributed by atoms with E-state index in [-0.39, 0.29) is 25.5 Å². The molecule has 0 radical (unpaired) electrons. The number of amides is 1. The Morgan fingerprint density at radius 3 is 2.56 bits per heavy atom. The van der Waals surface area contributed by atoms with Crippen LogP contribution in [0.2, 0.25) is 5.02 Å². The second-order valence-corrected chi connectivity index (χ2v) is 8.95. The van der Waals surface area contributed by atoms with E-state index >= 15 is 0 Å². The Morgan fingerprint density at radius 1 is 1.20 bits per heavy atom. The van der Waals surface area contributed by atoms with E-state index in [1.165, 1.54) is 11.0 Å². The number of benzene rings is 1. The molecule has 1 unspecified atom stereocenters. The zero-order chi connectivity index (χ0) is 18.2. The van der Waals surface area contributed by atoms with Crippen LogP contribution in [0.25, 0.3) is 0 Å². The highest BCUT2D eigenvalue weighted by molar-refractivity contribution is 7.89. The van der Waals surface area contributed by atoms with Gasteiger partial charge in [0.2, 0.25) is 10.0 Å². The first kappa shape index (κ1) is 18.2. The first-order valence-electron chi connectivity index (χ1n) is 8.09. The van der Waals surface area contributed by atoms with Gasteiger partial charge in [0.1, 0.15) is 11.3 Å². The van der Waals surface area contributed by atoms with Crippen LogP contribution in [0.4, 0.5) is 0 Å². The monoisotopic (exact) mass is 386 g/mol. The quantitative estimate of drug-likeness (QED) is 0.844. The Bertz CT molecular complexity index is 791. The number of sulfonamides is 1. The zero-order valence-electron chi connectivity index (χ0n) is 13.5. The lowest BCUT2D eigenvalue weighted by atomic mass is 10.1. The first-order valence-corrected chi connectivity index (χ1v) is 9.97. The third-order valence-electron chi connectivity index (χ3n) is 4.69. The summed E-state index contributed by atoms with van der Waals surface area (Å²) in [5, 5.41) is 8.96. The SMILES string of the molecule is O=C(O)C1CCCCN1S(=O)(=O)C1CN(C(=O)c2cccc(Cl)c2)C1. The topological polar surface area (TPSA) is 95.0 Å². The molecule has 3 rings (SSSR count). The predicted molar refractivity (Wildman–Crippen MR) is 92.0 cm³/mol. The van der Waals surface area contributed by atoms with Crippen molar-refractivity contribution >= 4 is 33.5 Å². The molecule has 2 saturated heterocycles. The normalized spacial score (nSPS) is 22.4. The van der Waals surface area contributed by atoms with Crippen molar-refractivity contribution in [3.05, 3.63) is 34.9 Å². The number of hydrogen-bond acceptors (Lipinski definition) is 4. The maximum atomic E-state index is 12.7. The molecule has 2 heterocycles. The Balaban J connectivity index is 1.68. The highest BCUT2D eigenvalue weighted by Crippen LogP contribution is 2.28. The van der Waals surface area contributed by atoms with Crippen LogP contribution in [0, 0.1) is 0 Å². The van der Waals surface area contributed by atoms with E-state index in [0.717, 1.165) is 4.31 Å². The number of nitrogens with zero attached hydrogens (tertiary/aromatic N) is 2. The number of carbonyl (C=O) groups is 2. The highest BCUT2D eigenvalue weighted by atomic mass is 35.5. The van der Waals surface area contributed by atoms with Gasteiger partial charge in [0.15, 0.2) is 0 Å². The Morgan fingerprint density at radius 2 is 1.92 bits per heavy atom. The van der Waals surface area contributed by atoms with Crippen molar-refractivity contribution in [3.8, 4) is 0 Å². The van der Waals surface area contributed by atoms with Gasteiger partial charge in [-0.1, -0.05) is 17.7 Å². The van der Waals surface area contributed by atoms with Gasteiger partial charge in [-0.05, 0) is 37.5 Å². The van der Waals surface area contributed by atoms with Crippen molar-refractivity contribution in [3.63, 3.8) is 0 Å². The van der Waals surface area contributed by atoms with Crippen molar-refractivity contribution in [1.29, 1.82) is 0 Å². The van der Waals surface area contributed by atoms with Gasteiger partial charge in [-0.15, -0.1) is 0 Å². The number of aliphatic carboxylic acids is 1. The third-order valence-corrected chi connectivity index (χ3v) is 7.16. The molecule has 0 saturated carbocycles. The lowest BCUT2D eigenvalue weighted by Gasteiger charge is -2.43. The molecule has 0 bridgehead atoms. The molecule has 1 aromatic rings. The molecular formula is C16H19ClN2O5S. The Kier molecular flexibility index (Phi) is 5.04. The second-order valence-electron chi connectivity index (χ2n) is 6.35. The van der Waals surface area contributed by atoms with E-state index in [0.29, 0.717) is 29.8 Å². The smallest absolute Gasteiger partial charge is 0.322 e. The number of carbonyl (C=O) groups excluding carboxylic acids is 1. The molecule has 2 aliphatic heterocycles. The maximum absolute atomic E-state index is 12.7. The van der Waals surface area contributed by atoms with Crippen LogP contribution in [0.1, 0.15) is 29.6 Å². The minimum Gasteiger partial charge on any atom is -0.480 e. The number of halogens is 1. The van der Waals surface area contributed by atoms with Crippen LogP contribution < -0.4 is 0 Å². The second kappa shape index (κ2) is 6.93. The van der Waals surface area contributed by atoms with Crippen LogP contribution >= 0.6 is 11.6 Å². The molecule has 7 nitrogen and oxygen atoms in total. The highest BCUT2D eigenvalue weighted by Gasteiger charge is 2.46. The number of carboxylic acids is 1. The number of piperidine rings is 1. The van der Waals surface area contributed by atoms with Crippen molar-refractivity contribution in [2.75, 3.05) is 19.6 Å². The number of hydrogen-bond donors (Lipinski definition) is 1. The van der Waals surface area contributed by atoms with E-state index in [9.17, 15) is 23.1 Å². The van der Waals surface area contributed by atoms with Crippen molar-refractivity contribution in [1.82, 2.24) is 9.21 Å². The molecule has 0 spiro atoms. The minimum atomic E-state index is -3.74. The minimum absolute atomic E-state index is 0.0660. The van der Waals surface area contributed by atoms with Gasteiger partial charge in [-0.3, -0.25) is 9.59 Å². The van der Waals surface area contributed by atoms with Gasteiger partial charge in [0.05, 0.1) is 0 Å². The summed E-state index contributed by atoms with van der Waals surface area (Å²) in [7, 11) is -3.74. The van der Waals surface area contributed by atoms with E-state index in [1.807, 2.05) is 0 Å². The molecular weight excluding hydrogens is 368 g/mol. The molecule has 2 aliphatic rings. The van der Waals surface area contributed by atoms with Crippen LogP contribution in [0.3, 0.4) is 0 Å². The van der Waals surface area contributed by atoms with E-state index in [2.05, 4.69) is 0 Å². The van der Waals surface area contributed by atoms with Crippen molar-refractivity contribution in [2.24, 2.45) is 0 Å². The summed E-state index contributed by atoms with van der Waals surface area (Å²) in [5.41, 5.74) is 0.407. The van der Waals surface area contributed by atoms with Gasteiger partial charge in [-0.25, -0.2) is 8.42 Å². The molecule has 1 aromatic carbocycles. The fraction of sp³-hybridized carbons (Fsp3) is 0.500. The maximum Gasteiger partial charge on any atom is 0.322 e. The number of likely N-dealkylation sites (tertiary alicyclic amines) is 1. The standard InChI is InChI=1S/C16H19ClN2O5S/c17-12-5-3-4-11(8-12)15(20)18-9-13(10-18)25(23,24)19-7-2-1-6-14(19)16(21)22/h3-5,8,13-14H,1-2,6-7,9-10H2,(H,21,22). The average molecular weight is 387 g/mol. The Labute approximate surface area is 151 Å². The third kappa shape index (κ3) is 3.51. The molecule has 136 valence electrons. The van der Waals surface area contributed by atoms with Crippen molar-refractivity contribution < 1.29 is 23.1 Å². The van der Waals surface area contributed by atoms with Crippen molar-refractivity contribution in [2.45, 2.75) is 30.6 Å². The van der Waals surface area contributed by atoms with Gasteiger partial charge < -0.3 is 10.0 Å². The molecule has 1 amide bonds. The van der Waals surface area contributed by atoms with E-state index < -0.39 is 27.3 Å². The summed E-state index contributed by atoms with van der Waals surface area (Å²) >= 11 is 5.87. The average Bonchev–Trinajstić information content (AvgIpc) is 2.53. The van der Waals surface area contributed by atoms with Crippen LogP contribution in [-0.2, 0) is 14.8 Å². The molecule has 9 heteroatoms. The summed E-state index contributed by atoms with van der Waals surface area (Å²) in [6, 6.07) is 5.48. The summed E-state index contributed by atoms with van der Waals surface area (Å²) in [6.07, 6.45) is 1.68. The lowest BCUT2D eigenvalue weighted by Crippen LogP contribution is -2.62. The molecule has 1 N–H and O–H groups in total. The summed E-state index contributed by atoms with van der Waals surface area (Å²) in [5.74, 6) is -1.39. The van der Waals surface area contributed by atoms with E-state index in [4.69, 9.17) is 11.6 Å². The number of carboxylic acid groups (broad SMARTS) is 1. The molecule has 0 aliphatic carbocycles. The van der Waals surface area contributed by atoms with Gasteiger partial charge in [-0.2, -0.15) is 4.31 Å². The van der Waals surface area contributed by atoms with Crippen LogP contribution in [-0.4, -0.2) is 65.5 Å². The lowest BCUT2D eigenvalue weighted by molar-refractivity contribution is -0.142. The van der Waals surface area contributed by atoms with Crippen LogP contribution in [0.5, 0.6) is 0 Å². The zero-order valence-corrected chi connectivity index (χ0v) is 15.0. The largest absolute Gasteiger partial charge is 0.480 e. The molecule has 2 fully saturated rings. The van der Waals surface area contributed by atoms with Gasteiger partial charge in [0, 0.05) is 30.2 Å².